The molecule has 1 aliphatic carbocycles. The van der Waals surface area contributed by atoms with Crippen LogP contribution in [-0.2, 0) is 9.47 Å². The van der Waals surface area contributed by atoms with Gasteiger partial charge in [0.2, 0.25) is 0 Å². The van der Waals surface area contributed by atoms with Crippen LogP contribution in [0.3, 0.4) is 0 Å². The Morgan fingerprint density at radius 3 is 2.35 bits per heavy atom. The first kappa shape index (κ1) is 13.6. The Morgan fingerprint density at radius 2 is 1.70 bits per heavy atom. The first-order valence-electron chi connectivity index (χ1n) is 6.81. The fourth-order valence-electron chi connectivity index (χ4n) is 2.87. The second kappa shape index (κ2) is 5.18. The van der Waals surface area contributed by atoms with E-state index in [0.29, 0.717) is 26.1 Å². The molecule has 0 unspecified atom stereocenters. The zero-order chi connectivity index (χ0) is 14.2. The van der Waals surface area contributed by atoms with Gasteiger partial charge >= 0.3 is 0 Å². The number of phenols is 1. The van der Waals surface area contributed by atoms with Crippen LogP contribution in [0.1, 0.15) is 25.7 Å². The van der Waals surface area contributed by atoms with E-state index in [1.807, 2.05) is 0 Å². The van der Waals surface area contributed by atoms with Crippen molar-refractivity contribution >= 4 is 5.69 Å². The average Bonchev–Trinajstić information content (AvgIpc) is 2.90. The fraction of sp³-hybridized carbons (Fsp3) is 0.571. The van der Waals surface area contributed by atoms with Gasteiger partial charge in [-0.15, -0.1) is 0 Å². The molecule has 3 rings (SSSR count). The van der Waals surface area contributed by atoms with Gasteiger partial charge < -0.3 is 19.9 Å². The highest BCUT2D eigenvalue weighted by molar-refractivity contribution is 5.57. The van der Waals surface area contributed by atoms with Crippen LogP contribution < -0.4 is 5.32 Å². The maximum Gasteiger partial charge on any atom is 0.178 e. The van der Waals surface area contributed by atoms with Gasteiger partial charge in [-0.25, -0.2) is 8.78 Å². The first-order chi connectivity index (χ1) is 9.60. The molecule has 110 valence electrons. The van der Waals surface area contributed by atoms with Gasteiger partial charge in [0.1, 0.15) is 11.5 Å². The van der Waals surface area contributed by atoms with Crippen molar-refractivity contribution in [1.29, 1.82) is 0 Å². The molecule has 1 heterocycles. The van der Waals surface area contributed by atoms with E-state index in [9.17, 15) is 13.9 Å². The second-order valence-corrected chi connectivity index (χ2v) is 5.28. The normalized spacial score (nSPS) is 22.3. The predicted molar refractivity (Wildman–Crippen MR) is 68.5 cm³/mol. The number of benzene rings is 1. The van der Waals surface area contributed by atoms with Gasteiger partial charge in [-0.3, -0.25) is 0 Å². The summed E-state index contributed by atoms with van der Waals surface area (Å²) < 4.78 is 38.1. The molecule has 2 fully saturated rings. The van der Waals surface area contributed by atoms with Crippen molar-refractivity contribution in [2.24, 2.45) is 0 Å². The van der Waals surface area contributed by atoms with Crippen LogP contribution in [0.2, 0.25) is 0 Å². The molecule has 1 aromatic carbocycles. The van der Waals surface area contributed by atoms with E-state index >= 15 is 0 Å². The van der Waals surface area contributed by atoms with Crippen LogP contribution in [0.4, 0.5) is 14.5 Å². The molecule has 1 saturated carbocycles. The van der Waals surface area contributed by atoms with E-state index in [-0.39, 0.29) is 11.7 Å². The van der Waals surface area contributed by atoms with E-state index in [0.717, 1.165) is 25.0 Å². The third-order valence-electron chi connectivity index (χ3n) is 3.99. The Hall–Kier alpha value is -1.40. The summed E-state index contributed by atoms with van der Waals surface area (Å²) in [4.78, 5) is 0. The number of nitrogens with one attached hydrogen (secondary N) is 1. The lowest BCUT2D eigenvalue weighted by Gasteiger charge is -2.36. The number of ether oxygens (including phenoxy) is 2. The predicted octanol–water partition coefficient (Wildman–Crippen LogP) is 2.77. The molecule has 20 heavy (non-hydrogen) atoms. The Morgan fingerprint density at radius 1 is 1.10 bits per heavy atom. The molecule has 1 spiro atoms. The summed E-state index contributed by atoms with van der Waals surface area (Å²) in [6.45, 7) is 1.22. The standard InChI is InChI=1S/C14H17F2NO3/c15-10-1-2-11(16)13(18)12(10)17-9-3-5-14(6-4-9)19-7-8-20-14/h1-2,9,17-18H,3-8H2. The van der Waals surface area contributed by atoms with Crippen molar-refractivity contribution in [2.75, 3.05) is 18.5 Å². The van der Waals surface area contributed by atoms with E-state index in [1.54, 1.807) is 0 Å². The minimum Gasteiger partial charge on any atom is -0.503 e. The van der Waals surface area contributed by atoms with Crippen LogP contribution in [0.25, 0.3) is 0 Å². The van der Waals surface area contributed by atoms with Crippen LogP contribution in [0.15, 0.2) is 12.1 Å². The first-order valence-corrected chi connectivity index (χ1v) is 6.81. The third kappa shape index (κ3) is 2.45. The van der Waals surface area contributed by atoms with Crippen LogP contribution in [-0.4, -0.2) is 30.1 Å². The molecule has 1 saturated heterocycles. The summed E-state index contributed by atoms with van der Waals surface area (Å²) in [6, 6.07) is 1.88. The molecular formula is C14H17F2NO3. The molecule has 6 heteroatoms. The van der Waals surface area contributed by atoms with E-state index in [2.05, 4.69) is 5.32 Å². The lowest BCUT2D eigenvalue weighted by molar-refractivity contribution is -0.177. The van der Waals surface area contributed by atoms with Crippen molar-refractivity contribution in [2.45, 2.75) is 37.5 Å². The maximum atomic E-state index is 13.6. The number of anilines is 1. The summed E-state index contributed by atoms with van der Waals surface area (Å²) in [5, 5.41) is 12.5. The quantitative estimate of drug-likeness (QED) is 0.820. The van der Waals surface area contributed by atoms with Crippen molar-refractivity contribution < 1.29 is 23.4 Å². The van der Waals surface area contributed by atoms with Gasteiger partial charge in [0.25, 0.3) is 0 Å². The maximum absolute atomic E-state index is 13.6. The number of rotatable bonds is 2. The van der Waals surface area contributed by atoms with Crippen LogP contribution in [0.5, 0.6) is 5.75 Å². The molecule has 0 radical (unpaired) electrons. The largest absolute Gasteiger partial charge is 0.503 e. The number of phenolic OH excluding ortho intramolecular Hbond substituents is 1. The zero-order valence-corrected chi connectivity index (χ0v) is 11.0. The monoisotopic (exact) mass is 285 g/mol. The number of halogens is 2. The van der Waals surface area contributed by atoms with E-state index < -0.39 is 23.2 Å². The van der Waals surface area contributed by atoms with E-state index in [4.69, 9.17) is 9.47 Å². The number of aromatic hydroxyl groups is 1. The molecule has 2 aliphatic rings. The molecule has 2 N–H and O–H groups in total. The molecule has 4 nitrogen and oxygen atoms in total. The van der Waals surface area contributed by atoms with Gasteiger partial charge in [0.15, 0.2) is 17.4 Å². The number of hydrogen-bond donors (Lipinski definition) is 2. The van der Waals surface area contributed by atoms with Crippen molar-refractivity contribution in [3.05, 3.63) is 23.8 Å². The van der Waals surface area contributed by atoms with Gasteiger partial charge in [0, 0.05) is 18.9 Å². The summed E-state index contributed by atoms with van der Waals surface area (Å²) >= 11 is 0. The van der Waals surface area contributed by atoms with Crippen molar-refractivity contribution in [3.8, 4) is 5.75 Å². The molecule has 1 aliphatic heterocycles. The molecular weight excluding hydrogens is 268 g/mol. The molecule has 0 bridgehead atoms. The smallest absolute Gasteiger partial charge is 0.178 e. The summed E-state index contributed by atoms with van der Waals surface area (Å²) in [7, 11) is 0. The van der Waals surface area contributed by atoms with Gasteiger partial charge in [0.05, 0.1) is 13.2 Å². The average molecular weight is 285 g/mol. The van der Waals surface area contributed by atoms with Crippen LogP contribution in [0, 0.1) is 11.6 Å². The lowest BCUT2D eigenvalue weighted by Crippen LogP contribution is -2.39. The van der Waals surface area contributed by atoms with Crippen molar-refractivity contribution in [1.82, 2.24) is 0 Å². The Kier molecular flexibility index (Phi) is 3.52. The summed E-state index contributed by atoms with van der Waals surface area (Å²) in [5.41, 5.74) is -0.167. The highest BCUT2D eigenvalue weighted by Gasteiger charge is 2.40. The van der Waals surface area contributed by atoms with Gasteiger partial charge in [-0.1, -0.05) is 0 Å². The van der Waals surface area contributed by atoms with Gasteiger partial charge in [-0.05, 0) is 25.0 Å². The fourth-order valence-corrected chi connectivity index (χ4v) is 2.87. The third-order valence-corrected chi connectivity index (χ3v) is 3.99. The van der Waals surface area contributed by atoms with E-state index in [1.165, 1.54) is 0 Å². The number of hydrogen-bond acceptors (Lipinski definition) is 4. The second-order valence-electron chi connectivity index (χ2n) is 5.28. The molecule has 0 atom stereocenters. The minimum atomic E-state index is -0.830. The zero-order valence-electron chi connectivity index (χ0n) is 11.0. The lowest BCUT2D eigenvalue weighted by atomic mass is 9.90. The SMILES string of the molecule is Oc1c(F)ccc(F)c1NC1CCC2(CC1)OCCO2. The Labute approximate surface area is 115 Å². The Balaban J connectivity index is 1.67. The molecule has 1 aromatic rings. The topological polar surface area (TPSA) is 50.7 Å². The minimum absolute atomic E-state index is 0.0318. The molecule has 0 aromatic heterocycles. The highest BCUT2D eigenvalue weighted by Crippen LogP contribution is 2.38. The van der Waals surface area contributed by atoms with Crippen LogP contribution >= 0.6 is 0 Å². The highest BCUT2D eigenvalue weighted by atomic mass is 19.1. The van der Waals surface area contributed by atoms with Crippen molar-refractivity contribution in [3.63, 3.8) is 0 Å². The molecule has 0 amide bonds. The Bertz CT molecular complexity index is 493. The summed E-state index contributed by atoms with van der Waals surface area (Å²) in [5.74, 6) is -2.64. The summed E-state index contributed by atoms with van der Waals surface area (Å²) in [6.07, 6.45) is 2.86. The van der Waals surface area contributed by atoms with Gasteiger partial charge in [-0.2, -0.15) is 0 Å².